The first-order valence-corrected chi connectivity index (χ1v) is 8.03. The molecule has 2 heteroatoms. The van der Waals surface area contributed by atoms with Crippen LogP contribution < -0.4 is 5.32 Å². The molecule has 112 valence electrons. The van der Waals surface area contributed by atoms with E-state index in [1.165, 1.54) is 23.1 Å². The van der Waals surface area contributed by atoms with E-state index in [4.69, 9.17) is 11.6 Å². The van der Waals surface area contributed by atoms with Gasteiger partial charge in [-0.3, -0.25) is 0 Å². The molecular weight excluding hydrogens is 278 g/mol. The molecule has 2 aromatic rings. The normalized spacial score (nSPS) is 12.3. The summed E-state index contributed by atoms with van der Waals surface area (Å²) in [4.78, 5) is 0. The number of nitrogens with one attached hydrogen (secondary N) is 1. The maximum atomic E-state index is 6.33. The molecule has 0 radical (unpaired) electrons. The fraction of sp³-hybridized carbons (Fsp3) is 0.368. The van der Waals surface area contributed by atoms with E-state index in [0.717, 1.165) is 24.3 Å². The molecule has 2 rings (SSSR count). The predicted molar refractivity (Wildman–Crippen MR) is 92.1 cm³/mol. The highest BCUT2D eigenvalue weighted by atomic mass is 35.5. The SMILES string of the molecule is CNC(CCCc1ccccc1)Cc1ccc(C)cc1Cl. The molecule has 0 aliphatic heterocycles. The average molecular weight is 302 g/mol. The molecular formula is C19H24ClN. The lowest BCUT2D eigenvalue weighted by Crippen LogP contribution is -2.27. The molecule has 0 spiro atoms. The van der Waals surface area contributed by atoms with Gasteiger partial charge in [0, 0.05) is 11.1 Å². The summed E-state index contributed by atoms with van der Waals surface area (Å²) in [5, 5.41) is 4.31. The second-order valence-electron chi connectivity index (χ2n) is 5.66. The Labute approximate surface area is 133 Å². The monoisotopic (exact) mass is 301 g/mol. The Morgan fingerprint density at radius 1 is 1.10 bits per heavy atom. The summed E-state index contributed by atoms with van der Waals surface area (Å²) in [6.45, 7) is 2.07. The highest BCUT2D eigenvalue weighted by Gasteiger charge is 2.10. The van der Waals surface area contributed by atoms with Crippen LogP contribution in [0.1, 0.15) is 29.5 Å². The largest absolute Gasteiger partial charge is 0.317 e. The first-order valence-electron chi connectivity index (χ1n) is 7.65. The van der Waals surface area contributed by atoms with Crippen LogP contribution in [-0.2, 0) is 12.8 Å². The van der Waals surface area contributed by atoms with Crippen molar-refractivity contribution in [2.45, 2.75) is 38.6 Å². The van der Waals surface area contributed by atoms with Crippen LogP contribution in [0.25, 0.3) is 0 Å². The summed E-state index contributed by atoms with van der Waals surface area (Å²) in [6, 6.07) is 17.5. The van der Waals surface area contributed by atoms with E-state index in [1.807, 2.05) is 13.1 Å². The van der Waals surface area contributed by atoms with Crippen molar-refractivity contribution in [3.63, 3.8) is 0 Å². The predicted octanol–water partition coefficient (Wildman–Crippen LogP) is 4.80. The highest BCUT2D eigenvalue weighted by molar-refractivity contribution is 6.31. The molecule has 0 aromatic heterocycles. The molecule has 0 bridgehead atoms. The van der Waals surface area contributed by atoms with Gasteiger partial charge in [-0.2, -0.15) is 0 Å². The molecule has 0 aliphatic carbocycles. The summed E-state index contributed by atoms with van der Waals surface area (Å²) in [7, 11) is 2.04. The summed E-state index contributed by atoms with van der Waals surface area (Å²) < 4.78 is 0. The van der Waals surface area contributed by atoms with E-state index < -0.39 is 0 Å². The van der Waals surface area contributed by atoms with Gasteiger partial charge in [-0.1, -0.05) is 54.1 Å². The van der Waals surface area contributed by atoms with Crippen LogP contribution in [0.3, 0.4) is 0 Å². The van der Waals surface area contributed by atoms with Gasteiger partial charge in [0.15, 0.2) is 0 Å². The average Bonchev–Trinajstić information content (AvgIpc) is 2.49. The fourth-order valence-electron chi connectivity index (χ4n) is 2.63. The maximum Gasteiger partial charge on any atom is 0.0441 e. The van der Waals surface area contributed by atoms with Gasteiger partial charge in [0.1, 0.15) is 0 Å². The molecule has 0 aliphatic rings. The summed E-state index contributed by atoms with van der Waals surface area (Å²) in [6.07, 6.45) is 4.49. The number of hydrogen-bond donors (Lipinski definition) is 1. The molecule has 1 nitrogen and oxygen atoms in total. The Morgan fingerprint density at radius 3 is 2.52 bits per heavy atom. The van der Waals surface area contributed by atoms with Crippen molar-refractivity contribution < 1.29 is 0 Å². The van der Waals surface area contributed by atoms with Gasteiger partial charge in [0.25, 0.3) is 0 Å². The molecule has 1 N–H and O–H groups in total. The van der Waals surface area contributed by atoms with Crippen LogP contribution in [0.15, 0.2) is 48.5 Å². The number of benzene rings is 2. The van der Waals surface area contributed by atoms with E-state index in [2.05, 4.69) is 54.7 Å². The van der Waals surface area contributed by atoms with Gasteiger partial charge in [-0.15, -0.1) is 0 Å². The second kappa shape index (κ2) is 8.21. The molecule has 1 unspecified atom stereocenters. The van der Waals surface area contributed by atoms with Crippen LogP contribution in [-0.4, -0.2) is 13.1 Å². The zero-order valence-electron chi connectivity index (χ0n) is 12.9. The van der Waals surface area contributed by atoms with Crippen molar-refractivity contribution in [1.82, 2.24) is 5.32 Å². The Hall–Kier alpha value is -1.31. The first-order chi connectivity index (χ1) is 10.2. The van der Waals surface area contributed by atoms with Crippen molar-refractivity contribution in [2.75, 3.05) is 7.05 Å². The van der Waals surface area contributed by atoms with Crippen LogP contribution in [0.4, 0.5) is 0 Å². The quantitative estimate of drug-likeness (QED) is 0.774. The van der Waals surface area contributed by atoms with Crippen LogP contribution in [0.2, 0.25) is 5.02 Å². The van der Waals surface area contributed by atoms with E-state index in [9.17, 15) is 0 Å². The van der Waals surface area contributed by atoms with Crippen molar-refractivity contribution in [3.8, 4) is 0 Å². The molecule has 0 fully saturated rings. The standard InChI is InChI=1S/C19H24ClN/c1-15-11-12-17(19(20)13-15)14-18(21-2)10-6-9-16-7-4-3-5-8-16/h3-5,7-8,11-13,18,21H,6,9-10,14H2,1-2H3. The fourth-order valence-corrected chi connectivity index (χ4v) is 2.94. The van der Waals surface area contributed by atoms with Gasteiger partial charge in [-0.05, 0) is 62.4 Å². The molecule has 0 saturated carbocycles. The number of rotatable bonds is 7. The minimum absolute atomic E-state index is 0.480. The Bertz CT molecular complexity index is 551. The second-order valence-corrected chi connectivity index (χ2v) is 6.07. The molecule has 0 heterocycles. The first kappa shape index (κ1) is 16.1. The molecule has 0 amide bonds. The van der Waals surface area contributed by atoms with Crippen LogP contribution >= 0.6 is 11.6 Å². The zero-order chi connectivity index (χ0) is 15.1. The minimum Gasteiger partial charge on any atom is -0.317 e. The Morgan fingerprint density at radius 2 is 1.86 bits per heavy atom. The third-order valence-electron chi connectivity index (χ3n) is 3.94. The lowest BCUT2D eigenvalue weighted by atomic mass is 9.98. The van der Waals surface area contributed by atoms with Crippen molar-refractivity contribution in [2.24, 2.45) is 0 Å². The summed E-state index contributed by atoms with van der Waals surface area (Å²) >= 11 is 6.33. The van der Waals surface area contributed by atoms with Crippen LogP contribution in [0, 0.1) is 6.92 Å². The molecule has 2 aromatic carbocycles. The number of likely N-dealkylation sites (N-methyl/N-ethyl adjacent to an activating group) is 1. The van der Waals surface area contributed by atoms with E-state index in [-0.39, 0.29) is 0 Å². The van der Waals surface area contributed by atoms with Crippen LogP contribution in [0.5, 0.6) is 0 Å². The van der Waals surface area contributed by atoms with Gasteiger partial charge in [-0.25, -0.2) is 0 Å². The molecule has 1 atom stereocenters. The van der Waals surface area contributed by atoms with E-state index in [0.29, 0.717) is 6.04 Å². The van der Waals surface area contributed by atoms with Gasteiger partial charge >= 0.3 is 0 Å². The molecule has 0 saturated heterocycles. The van der Waals surface area contributed by atoms with Gasteiger partial charge < -0.3 is 5.32 Å². The number of aryl methyl sites for hydroxylation is 2. The summed E-state index contributed by atoms with van der Waals surface area (Å²) in [5.41, 5.74) is 3.87. The van der Waals surface area contributed by atoms with E-state index >= 15 is 0 Å². The number of halogens is 1. The Kier molecular flexibility index (Phi) is 6.28. The van der Waals surface area contributed by atoms with Gasteiger partial charge in [0.2, 0.25) is 0 Å². The minimum atomic E-state index is 0.480. The Balaban J connectivity index is 1.85. The zero-order valence-corrected chi connectivity index (χ0v) is 13.7. The van der Waals surface area contributed by atoms with Crippen molar-refractivity contribution in [1.29, 1.82) is 0 Å². The van der Waals surface area contributed by atoms with Crippen molar-refractivity contribution >= 4 is 11.6 Å². The topological polar surface area (TPSA) is 12.0 Å². The highest BCUT2D eigenvalue weighted by Crippen LogP contribution is 2.20. The lowest BCUT2D eigenvalue weighted by Gasteiger charge is -2.17. The molecule has 21 heavy (non-hydrogen) atoms. The van der Waals surface area contributed by atoms with E-state index in [1.54, 1.807) is 0 Å². The lowest BCUT2D eigenvalue weighted by molar-refractivity contribution is 0.502. The van der Waals surface area contributed by atoms with Gasteiger partial charge in [0.05, 0.1) is 0 Å². The smallest absolute Gasteiger partial charge is 0.0441 e. The number of hydrogen-bond acceptors (Lipinski definition) is 1. The summed E-state index contributed by atoms with van der Waals surface area (Å²) in [5.74, 6) is 0. The van der Waals surface area contributed by atoms with Crippen molar-refractivity contribution in [3.05, 3.63) is 70.2 Å². The maximum absolute atomic E-state index is 6.33. The third-order valence-corrected chi connectivity index (χ3v) is 4.30. The third kappa shape index (κ3) is 5.18.